The molecule has 0 saturated carbocycles. The van der Waals surface area contributed by atoms with Crippen LogP contribution in [0.2, 0.25) is 0 Å². The second-order valence-corrected chi connectivity index (χ2v) is 7.25. The monoisotopic (exact) mass is 335 g/mol. The molecule has 1 saturated heterocycles. The molecule has 0 amide bonds. The normalized spacial score (nSPS) is 18.8. The minimum Gasteiger partial charge on any atom is -0.359 e. The Morgan fingerprint density at radius 3 is 2.62 bits per heavy atom. The van der Waals surface area contributed by atoms with Crippen molar-refractivity contribution in [3.05, 3.63) is 17.5 Å². The Balaban J connectivity index is 1.73. The smallest absolute Gasteiger partial charge is 0.191 e. The van der Waals surface area contributed by atoms with E-state index in [1.54, 1.807) is 7.05 Å². The molecule has 2 heterocycles. The number of nitrogens with zero attached hydrogens (tertiary/aromatic N) is 3. The maximum absolute atomic E-state index is 5.35. The zero-order valence-electron chi connectivity index (χ0n) is 15.8. The van der Waals surface area contributed by atoms with Gasteiger partial charge in [0, 0.05) is 25.7 Å². The van der Waals surface area contributed by atoms with E-state index in [1.165, 1.54) is 25.9 Å². The predicted octanol–water partition coefficient (Wildman–Crippen LogP) is 2.58. The quantitative estimate of drug-likeness (QED) is 0.618. The molecule has 1 unspecified atom stereocenters. The molecule has 24 heavy (non-hydrogen) atoms. The van der Waals surface area contributed by atoms with Crippen molar-refractivity contribution in [3.8, 4) is 0 Å². The van der Waals surface area contributed by atoms with Crippen LogP contribution in [0.1, 0.15) is 57.9 Å². The lowest BCUT2D eigenvalue weighted by Crippen LogP contribution is -2.47. The molecule has 1 aliphatic rings. The summed E-state index contributed by atoms with van der Waals surface area (Å²) in [6.07, 6.45) is 2.61. The topological polar surface area (TPSA) is 65.7 Å². The van der Waals surface area contributed by atoms with Gasteiger partial charge in [-0.05, 0) is 44.7 Å². The molecule has 0 spiro atoms. The first kappa shape index (κ1) is 18.8. The first-order valence-corrected chi connectivity index (χ1v) is 9.13. The van der Waals surface area contributed by atoms with Crippen LogP contribution >= 0.6 is 0 Å². The molecule has 1 atom stereocenters. The van der Waals surface area contributed by atoms with Gasteiger partial charge >= 0.3 is 0 Å². The van der Waals surface area contributed by atoms with Gasteiger partial charge in [-0.1, -0.05) is 25.9 Å². The van der Waals surface area contributed by atoms with Gasteiger partial charge in [0.2, 0.25) is 0 Å². The number of aliphatic imine (C=N–C) groups is 1. The summed E-state index contributed by atoms with van der Waals surface area (Å²) in [6.45, 7) is 12.7. The standard InChI is InChI=1S/C18H33N5O/c1-13(2)17-10-16(24-22-17)12-21-18(19-5)20-11-15(4)23-8-6-14(3)7-9-23/h10,13-15H,6-9,11-12H2,1-5H3,(H2,19,20,21). The predicted molar refractivity (Wildman–Crippen MR) is 98.2 cm³/mol. The number of hydrogen-bond acceptors (Lipinski definition) is 4. The largest absolute Gasteiger partial charge is 0.359 e. The minimum atomic E-state index is 0.382. The highest BCUT2D eigenvalue weighted by Gasteiger charge is 2.20. The van der Waals surface area contributed by atoms with Crippen LogP contribution in [-0.4, -0.2) is 48.7 Å². The summed E-state index contributed by atoms with van der Waals surface area (Å²) in [4.78, 5) is 6.85. The van der Waals surface area contributed by atoms with E-state index < -0.39 is 0 Å². The Hall–Kier alpha value is -1.56. The summed E-state index contributed by atoms with van der Waals surface area (Å²) in [5.41, 5.74) is 0.989. The lowest BCUT2D eigenvalue weighted by molar-refractivity contribution is 0.147. The highest BCUT2D eigenvalue weighted by atomic mass is 16.5. The number of piperidine rings is 1. The van der Waals surface area contributed by atoms with Crippen LogP contribution in [-0.2, 0) is 6.54 Å². The van der Waals surface area contributed by atoms with Gasteiger partial charge in [-0.3, -0.25) is 9.89 Å². The fraction of sp³-hybridized carbons (Fsp3) is 0.778. The van der Waals surface area contributed by atoms with Crippen LogP contribution in [0.5, 0.6) is 0 Å². The van der Waals surface area contributed by atoms with Crippen LogP contribution in [0.25, 0.3) is 0 Å². The average Bonchev–Trinajstić information content (AvgIpc) is 3.04. The Kier molecular flexibility index (Phi) is 7.09. The lowest BCUT2D eigenvalue weighted by Gasteiger charge is -2.35. The molecule has 1 fully saturated rings. The zero-order chi connectivity index (χ0) is 17.5. The van der Waals surface area contributed by atoms with Gasteiger partial charge in [0.1, 0.15) is 0 Å². The first-order valence-electron chi connectivity index (χ1n) is 9.13. The molecule has 2 N–H and O–H groups in total. The van der Waals surface area contributed by atoms with E-state index in [1.807, 2.05) is 6.07 Å². The van der Waals surface area contributed by atoms with Crippen molar-refractivity contribution in [1.82, 2.24) is 20.7 Å². The second kappa shape index (κ2) is 9.06. The molecular weight excluding hydrogens is 302 g/mol. The fourth-order valence-corrected chi connectivity index (χ4v) is 2.92. The van der Waals surface area contributed by atoms with Crippen LogP contribution in [0.15, 0.2) is 15.6 Å². The highest BCUT2D eigenvalue weighted by molar-refractivity contribution is 5.79. The maximum atomic E-state index is 5.35. The fourth-order valence-electron chi connectivity index (χ4n) is 2.92. The summed E-state index contributed by atoms with van der Waals surface area (Å²) in [5.74, 6) is 2.89. The van der Waals surface area contributed by atoms with Crippen molar-refractivity contribution < 1.29 is 4.52 Å². The van der Waals surface area contributed by atoms with Crippen molar-refractivity contribution in [3.63, 3.8) is 0 Å². The molecule has 1 aromatic rings. The SMILES string of the molecule is CN=C(NCc1cc(C(C)C)no1)NCC(C)N1CCC(C)CC1. The summed E-state index contributed by atoms with van der Waals surface area (Å²) in [7, 11) is 1.79. The van der Waals surface area contributed by atoms with E-state index in [2.05, 4.69) is 53.4 Å². The third kappa shape index (κ3) is 5.51. The summed E-state index contributed by atoms with van der Waals surface area (Å²) in [5, 5.41) is 10.8. The van der Waals surface area contributed by atoms with Gasteiger partial charge < -0.3 is 15.2 Å². The van der Waals surface area contributed by atoms with E-state index in [0.717, 1.165) is 29.9 Å². The molecule has 2 rings (SSSR count). The van der Waals surface area contributed by atoms with E-state index >= 15 is 0 Å². The number of likely N-dealkylation sites (tertiary alicyclic amines) is 1. The van der Waals surface area contributed by atoms with Crippen LogP contribution in [0.4, 0.5) is 0 Å². The molecule has 0 aromatic carbocycles. The van der Waals surface area contributed by atoms with Gasteiger partial charge in [-0.2, -0.15) is 0 Å². The van der Waals surface area contributed by atoms with Crippen LogP contribution < -0.4 is 10.6 Å². The molecule has 6 nitrogen and oxygen atoms in total. The molecule has 0 aliphatic carbocycles. The van der Waals surface area contributed by atoms with Gasteiger partial charge in [-0.25, -0.2) is 0 Å². The van der Waals surface area contributed by atoms with E-state index in [0.29, 0.717) is 18.5 Å². The molecular formula is C18H33N5O. The number of nitrogens with one attached hydrogen (secondary N) is 2. The molecule has 1 aromatic heterocycles. The molecule has 0 bridgehead atoms. The Morgan fingerprint density at radius 1 is 1.33 bits per heavy atom. The van der Waals surface area contributed by atoms with Crippen molar-refractivity contribution in [2.75, 3.05) is 26.7 Å². The first-order chi connectivity index (χ1) is 11.5. The summed E-state index contributed by atoms with van der Waals surface area (Å²) < 4.78 is 5.35. The zero-order valence-corrected chi connectivity index (χ0v) is 15.8. The third-order valence-corrected chi connectivity index (χ3v) is 4.83. The van der Waals surface area contributed by atoms with Gasteiger partial charge in [0.25, 0.3) is 0 Å². The lowest BCUT2D eigenvalue weighted by atomic mass is 9.98. The molecule has 6 heteroatoms. The molecule has 0 radical (unpaired) electrons. The third-order valence-electron chi connectivity index (χ3n) is 4.83. The number of guanidine groups is 1. The summed E-state index contributed by atoms with van der Waals surface area (Å²) in [6, 6.07) is 2.51. The van der Waals surface area contributed by atoms with E-state index in [4.69, 9.17) is 4.52 Å². The number of aromatic nitrogens is 1. The Morgan fingerprint density at radius 2 is 2.04 bits per heavy atom. The Labute approximate surface area is 146 Å². The highest BCUT2D eigenvalue weighted by Crippen LogP contribution is 2.17. The second-order valence-electron chi connectivity index (χ2n) is 7.25. The molecule has 136 valence electrons. The van der Waals surface area contributed by atoms with Crippen LogP contribution in [0, 0.1) is 5.92 Å². The molecule has 1 aliphatic heterocycles. The van der Waals surface area contributed by atoms with E-state index in [-0.39, 0.29) is 0 Å². The van der Waals surface area contributed by atoms with Crippen molar-refractivity contribution in [2.45, 2.75) is 59.0 Å². The average molecular weight is 335 g/mol. The van der Waals surface area contributed by atoms with E-state index in [9.17, 15) is 0 Å². The Bertz CT molecular complexity index is 517. The van der Waals surface area contributed by atoms with Gasteiger partial charge in [0.05, 0.1) is 12.2 Å². The number of hydrogen-bond donors (Lipinski definition) is 2. The van der Waals surface area contributed by atoms with Crippen molar-refractivity contribution >= 4 is 5.96 Å². The van der Waals surface area contributed by atoms with Crippen molar-refractivity contribution in [2.24, 2.45) is 10.9 Å². The number of rotatable bonds is 6. The summed E-state index contributed by atoms with van der Waals surface area (Å²) >= 11 is 0. The van der Waals surface area contributed by atoms with Crippen molar-refractivity contribution in [1.29, 1.82) is 0 Å². The van der Waals surface area contributed by atoms with Gasteiger partial charge in [-0.15, -0.1) is 0 Å². The van der Waals surface area contributed by atoms with Crippen LogP contribution in [0.3, 0.4) is 0 Å². The minimum absolute atomic E-state index is 0.382. The maximum Gasteiger partial charge on any atom is 0.191 e. The van der Waals surface area contributed by atoms with Gasteiger partial charge in [0.15, 0.2) is 11.7 Å².